The van der Waals surface area contributed by atoms with Crippen LogP contribution in [-0.2, 0) is 12.8 Å². The Bertz CT molecular complexity index is 2900. The molecule has 8 rings (SSSR count). The number of carbonyl (C=O) groups excluding carboxylic acids is 1. The van der Waals surface area contributed by atoms with Crippen LogP contribution < -0.4 is 20.5 Å². The Kier molecular flexibility index (Phi) is 17.1. The Morgan fingerprint density at radius 1 is 0.597 bits per heavy atom. The normalized spacial score (nSPS) is 11.9. The van der Waals surface area contributed by atoms with Gasteiger partial charge in [-0.2, -0.15) is 0 Å². The standard InChI is InChI=1S/C28H30N2O3.C17H18O3.C11H14N2O/c1-18(2)19-7-6-8-20(13-19)24-12-11-23(33-3)15-26(24)28(32)30-22(17-31)14-21-16-29-27-10-5-4-9-25(21)27;1-11(2)12-5-4-6-13(9-12)15-8-7-14(20-3)10-16(15)17(18)19;12-9(7-14)5-8-6-13-11-4-2-1-3-10(8)11/h4-13,15-16,18,22,29,31H,14,17H2,1-3H3,(H,30,32);4-11H,1-3H3,(H,18,19);1-4,6,9,13-14H,5,7,12H2/t22-;;9-/m1.1/s1. The molecule has 0 unspecified atom stereocenters. The highest BCUT2D eigenvalue weighted by Crippen LogP contribution is 2.32. The van der Waals surface area contributed by atoms with Crippen LogP contribution in [0.4, 0.5) is 0 Å². The smallest absolute Gasteiger partial charge is 0.336 e. The molecule has 8 aromatic rings. The van der Waals surface area contributed by atoms with Crippen LogP contribution in [0.1, 0.15) is 82.5 Å². The number of aromatic nitrogens is 2. The third-order valence-corrected chi connectivity index (χ3v) is 11.7. The average molecular weight is 903 g/mol. The van der Waals surface area contributed by atoms with E-state index in [0.717, 1.165) is 38.7 Å². The van der Waals surface area contributed by atoms with E-state index in [9.17, 15) is 19.8 Å². The van der Waals surface area contributed by atoms with Crippen molar-refractivity contribution in [2.75, 3.05) is 27.4 Å². The molecule has 1 amide bonds. The Hall–Kier alpha value is -7.18. The molecule has 0 spiro atoms. The molecule has 67 heavy (non-hydrogen) atoms. The SMILES string of the molecule is COc1ccc(-c2cccc(C(C)C)c2)c(C(=O)N[C@@H](CO)Cc2c[nH]c3ccccc23)c1.COc1ccc(-c2cccc(C(C)C)c2)c(C(=O)O)c1.N[C@@H](CO)Cc1c[nH]c2ccccc12. The van der Waals surface area contributed by atoms with E-state index in [-0.39, 0.29) is 30.7 Å². The van der Waals surface area contributed by atoms with Crippen LogP contribution >= 0.6 is 0 Å². The number of fused-ring (bicyclic) bond motifs is 2. The Morgan fingerprint density at radius 3 is 1.54 bits per heavy atom. The van der Waals surface area contributed by atoms with Gasteiger partial charge in [-0.25, -0.2) is 4.79 Å². The number of aromatic carboxylic acids is 1. The molecule has 0 aliphatic rings. The number of amides is 1. The first-order valence-electron chi connectivity index (χ1n) is 22.5. The quantitative estimate of drug-likeness (QED) is 0.0530. The van der Waals surface area contributed by atoms with Crippen LogP contribution in [-0.4, -0.2) is 76.7 Å². The number of aromatic amines is 2. The first kappa shape index (κ1) is 49.3. The molecule has 0 bridgehead atoms. The van der Waals surface area contributed by atoms with Crippen molar-refractivity contribution < 1.29 is 34.4 Å². The van der Waals surface area contributed by atoms with Crippen molar-refractivity contribution in [3.05, 3.63) is 179 Å². The summed E-state index contributed by atoms with van der Waals surface area (Å²) in [5, 5.41) is 33.6. The maximum absolute atomic E-state index is 13.4. The van der Waals surface area contributed by atoms with E-state index in [1.807, 2.05) is 97.3 Å². The largest absolute Gasteiger partial charge is 0.497 e. The predicted molar refractivity (Wildman–Crippen MR) is 269 cm³/mol. The molecule has 0 radical (unpaired) electrons. The summed E-state index contributed by atoms with van der Waals surface area (Å²) < 4.78 is 10.5. The number of nitrogens with one attached hydrogen (secondary N) is 3. The number of rotatable bonds is 15. The van der Waals surface area contributed by atoms with Crippen molar-refractivity contribution in [2.45, 2.75) is 64.5 Å². The molecule has 0 saturated heterocycles. The van der Waals surface area contributed by atoms with E-state index in [0.29, 0.717) is 47.3 Å². The van der Waals surface area contributed by atoms with Crippen molar-refractivity contribution in [2.24, 2.45) is 5.73 Å². The van der Waals surface area contributed by atoms with Gasteiger partial charge < -0.3 is 45.8 Å². The molecule has 0 saturated carbocycles. The lowest BCUT2D eigenvalue weighted by atomic mass is 9.94. The molecule has 11 nitrogen and oxygen atoms in total. The van der Waals surface area contributed by atoms with Gasteiger partial charge in [0.25, 0.3) is 5.91 Å². The van der Waals surface area contributed by atoms with Gasteiger partial charge >= 0.3 is 5.97 Å². The molecule has 6 aromatic carbocycles. The Labute approximate surface area is 392 Å². The van der Waals surface area contributed by atoms with E-state index in [1.165, 1.54) is 29.2 Å². The molecule has 2 aromatic heterocycles. The van der Waals surface area contributed by atoms with Gasteiger partial charge in [-0.15, -0.1) is 0 Å². The van der Waals surface area contributed by atoms with Crippen molar-refractivity contribution in [1.82, 2.24) is 15.3 Å². The molecule has 2 atom stereocenters. The van der Waals surface area contributed by atoms with E-state index in [4.69, 9.17) is 20.3 Å². The average Bonchev–Trinajstić information content (AvgIpc) is 3.97. The molecule has 0 aliphatic carbocycles. The molecule has 11 heteroatoms. The summed E-state index contributed by atoms with van der Waals surface area (Å²) in [6.07, 6.45) is 5.13. The first-order chi connectivity index (χ1) is 32.3. The maximum atomic E-state index is 13.4. The second-order valence-electron chi connectivity index (χ2n) is 17.1. The second-order valence-corrected chi connectivity index (χ2v) is 17.1. The minimum atomic E-state index is -0.950. The molecule has 2 heterocycles. The van der Waals surface area contributed by atoms with E-state index in [1.54, 1.807) is 31.4 Å². The van der Waals surface area contributed by atoms with Crippen LogP contribution in [0.3, 0.4) is 0 Å². The lowest BCUT2D eigenvalue weighted by Gasteiger charge is -2.19. The number of carboxylic acid groups (broad SMARTS) is 1. The Morgan fingerprint density at radius 2 is 1.07 bits per heavy atom. The van der Waals surface area contributed by atoms with E-state index in [2.05, 4.69) is 67.2 Å². The highest BCUT2D eigenvalue weighted by molar-refractivity contribution is 6.01. The maximum Gasteiger partial charge on any atom is 0.336 e. The number of nitrogens with two attached hydrogens (primary N) is 1. The zero-order valence-electron chi connectivity index (χ0n) is 39.0. The van der Waals surface area contributed by atoms with Gasteiger partial charge in [0.15, 0.2) is 0 Å². The minimum absolute atomic E-state index is 0.0273. The van der Waals surface area contributed by atoms with Gasteiger partial charge in [-0.05, 0) is 118 Å². The highest BCUT2D eigenvalue weighted by Gasteiger charge is 2.20. The number of benzene rings is 6. The summed E-state index contributed by atoms with van der Waals surface area (Å²) in [6.45, 7) is 8.40. The summed E-state index contributed by atoms with van der Waals surface area (Å²) in [6, 6.07) is 42.4. The highest BCUT2D eigenvalue weighted by atomic mass is 16.5. The fourth-order valence-corrected chi connectivity index (χ4v) is 7.94. The van der Waals surface area contributed by atoms with Crippen molar-refractivity contribution in [3.8, 4) is 33.8 Å². The summed E-state index contributed by atoms with van der Waals surface area (Å²) in [5.41, 5.74) is 16.7. The number of carboxylic acids is 1. The minimum Gasteiger partial charge on any atom is -0.497 e. The van der Waals surface area contributed by atoms with Crippen LogP contribution in [0.5, 0.6) is 11.5 Å². The first-order valence-corrected chi connectivity index (χ1v) is 22.5. The molecule has 0 fully saturated rings. The van der Waals surface area contributed by atoms with Crippen molar-refractivity contribution >= 4 is 33.7 Å². The number of hydrogen-bond acceptors (Lipinski definition) is 7. The van der Waals surface area contributed by atoms with Crippen LogP contribution in [0.15, 0.2) is 146 Å². The third-order valence-electron chi connectivity index (χ3n) is 11.7. The predicted octanol–water partition coefficient (Wildman–Crippen LogP) is 10.5. The number of hydrogen-bond donors (Lipinski definition) is 7. The number of methoxy groups -OCH3 is 2. The topological polar surface area (TPSA) is 183 Å². The lowest BCUT2D eigenvalue weighted by Crippen LogP contribution is -2.39. The number of para-hydroxylation sites is 2. The zero-order valence-corrected chi connectivity index (χ0v) is 39.0. The number of ether oxygens (including phenoxy) is 2. The number of carbonyl (C=O) groups is 2. The van der Waals surface area contributed by atoms with E-state index < -0.39 is 12.0 Å². The molecular formula is C56H62N4O7. The molecular weight excluding hydrogens is 841 g/mol. The second kappa shape index (κ2) is 23.3. The third kappa shape index (κ3) is 12.6. The van der Waals surface area contributed by atoms with E-state index >= 15 is 0 Å². The van der Waals surface area contributed by atoms with Crippen molar-refractivity contribution in [3.63, 3.8) is 0 Å². The van der Waals surface area contributed by atoms with Gasteiger partial charge in [0, 0.05) is 40.2 Å². The summed E-state index contributed by atoms with van der Waals surface area (Å²) in [4.78, 5) is 31.3. The Balaban J connectivity index is 0.000000184. The van der Waals surface area contributed by atoms with Gasteiger partial charge in [0.2, 0.25) is 0 Å². The fraction of sp³-hybridized carbons (Fsp3) is 0.250. The molecule has 8 N–H and O–H groups in total. The number of aliphatic hydroxyl groups is 2. The monoisotopic (exact) mass is 902 g/mol. The van der Waals surface area contributed by atoms with Gasteiger partial charge in [-0.1, -0.05) is 113 Å². The van der Waals surface area contributed by atoms with Gasteiger partial charge in [-0.3, -0.25) is 4.79 Å². The van der Waals surface area contributed by atoms with Crippen molar-refractivity contribution in [1.29, 1.82) is 0 Å². The number of aliphatic hydroxyl groups excluding tert-OH is 2. The van der Waals surface area contributed by atoms with Crippen LogP contribution in [0, 0.1) is 0 Å². The summed E-state index contributed by atoms with van der Waals surface area (Å²) >= 11 is 0. The molecule has 348 valence electrons. The van der Waals surface area contributed by atoms with Gasteiger partial charge in [0.1, 0.15) is 11.5 Å². The zero-order chi connectivity index (χ0) is 48.0. The van der Waals surface area contributed by atoms with Gasteiger partial charge in [0.05, 0.1) is 44.6 Å². The van der Waals surface area contributed by atoms with Crippen LogP contribution in [0.2, 0.25) is 0 Å². The number of H-pyrrole nitrogens is 2. The fourth-order valence-electron chi connectivity index (χ4n) is 7.94. The van der Waals surface area contributed by atoms with Crippen LogP contribution in [0.25, 0.3) is 44.1 Å². The summed E-state index contributed by atoms with van der Waals surface area (Å²) in [5.74, 6) is 0.760. The lowest BCUT2D eigenvalue weighted by molar-refractivity contribution is 0.0697. The summed E-state index contributed by atoms with van der Waals surface area (Å²) in [7, 11) is 3.11. The molecule has 0 aliphatic heterocycles.